The molecule has 0 radical (unpaired) electrons. The van der Waals surface area contributed by atoms with Gasteiger partial charge in [-0.2, -0.15) is 20.2 Å². The van der Waals surface area contributed by atoms with Crippen LogP contribution in [0.2, 0.25) is 0 Å². The Labute approximate surface area is 107 Å². The van der Waals surface area contributed by atoms with Crippen LogP contribution in [0.1, 0.15) is 14.8 Å². The molecule has 0 aliphatic carbocycles. The third-order valence-corrected chi connectivity index (χ3v) is 3.15. The fraction of sp³-hybridized carbons (Fsp3) is 1.00. The minimum absolute atomic E-state index is 0. The Balaban J connectivity index is -0.000000605. The molecule has 0 aliphatic heterocycles. The molecule has 4 nitrogen and oxygen atoms in total. The average Bonchev–Trinajstić information content (AvgIpc) is 1.83. The van der Waals surface area contributed by atoms with Gasteiger partial charge in [-0.3, -0.25) is 4.55 Å². The quantitative estimate of drug-likeness (QED) is 0.304. The molecule has 76 valence electrons. The summed E-state index contributed by atoms with van der Waals surface area (Å²) in [6, 6.07) is 0. The summed E-state index contributed by atoms with van der Waals surface area (Å²) in [4.78, 5) is 0. The fourth-order valence-corrected chi connectivity index (χ4v) is 2.15. The second-order valence-corrected chi connectivity index (χ2v) is 5.29. The van der Waals surface area contributed by atoms with Crippen LogP contribution in [0.4, 0.5) is 0 Å². The van der Waals surface area contributed by atoms with Crippen molar-refractivity contribution in [3.63, 3.8) is 0 Å². The van der Waals surface area contributed by atoms with Crippen molar-refractivity contribution < 1.29 is 49.1 Å². The van der Waals surface area contributed by atoms with Crippen molar-refractivity contribution in [3.05, 3.63) is 0 Å². The van der Waals surface area contributed by atoms with Crippen LogP contribution in [0.3, 0.4) is 0 Å². The topological polar surface area (TPSA) is 74.6 Å². The van der Waals surface area contributed by atoms with Gasteiger partial charge >= 0.3 is 29.6 Å². The van der Waals surface area contributed by atoms with E-state index in [1.165, 1.54) is 11.8 Å². The first-order chi connectivity index (χ1) is 5.42. The maximum atomic E-state index is 10.2. The minimum Gasteiger partial charge on any atom is -1.00 e. The largest absolute Gasteiger partial charge is 1.00 e. The predicted octanol–water partition coefficient (Wildman–Crippen LogP) is -2.51. The Kier molecular flexibility index (Phi) is 10.9. The zero-order valence-corrected chi connectivity index (χ0v) is 11.6. The average molecular weight is 238 g/mol. The molecule has 0 fully saturated rings. The van der Waals surface area contributed by atoms with Gasteiger partial charge in [-0.1, -0.05) is 0 Å². The minimum atomic E-state index is -3.80. The number of rotatable bonds is 6. The zero-order chi connectivity index (χ0) is 9.61. The maximum absolute atomic E-state index is 10.2. The second-order valence-electron chi connectivity index (χ2n) is 2.56. The second kappa shape index (κ2) is 8.52. The Bertz CT molecular complexity index is 208. The van der Waals surface area contributed by atoms with E-state index in [0.717, 1.165) is 0 Å². The zero-order valence-electron chi connectivity index (χ0n) is 8.93. The first-order valence-electron chi connectivity index (χ1n) is 3.63. The molecule has 0 aromatic rings. The van der Waals surface area contributed by atoms with E-state index < -0.39 is 10.1 Å². The Hall–Kier alpha value is 1.22. The van der Waals surface area contributed by atoms with Gasteiger partial charge in [-0.25, -0.2) is 0 Å². The van der Waals surface area contributed by atoms with E-state index in [-0.39, 0.29) is 42.8 Å². The van der Waals surface area contributed by atoms with Crippen LogP contribution in [0, 0.1) is 0 Å². The molecule has 0 saturated heterocycles. The van der Waals surface area contributed by atoms with Gasteiger partial charge in [-0.05, 0) is 19.1 Å². The number of hydrogen-bond donors (Lipinski definition) is 2. The molecule has 0 bridgehead atoms. The monoisotopic (exact) mass is 238 g/mol. The number of aliphatic hydroxyl groups is 1. The SMILES string of the molecule is CC(O)CSCCCS(=O)(=O)O.[H-].[Na+]. The molecule has 7 heteroatoms. The van der Waals surface area contributed by atoms with Crippen molar-refractivity contribution in [2.75, 3.05) is 17.3 Å². The van der Waals surface area contributed by atoms with E-state index in [1.807, 2.05) is 0 Å². The summed E-state index contributed by atoms with van der Waals surface area (Å²) >= 11 is 1.48. The molecule has 0 saturated carbocycles. The molecule has 0 aromatic carbocycles. The molecule has 1 atom stereocenters. The predicted molar refractivity (Wildman–Crippen MR) is 51.2 cm³/mol. The van der Waals surface area contributed by atoms with Crippen LogP contribution in [0.5, 0.6) is 0 Å². The van der Waals surface area contributed by atoms with Crippen molar-refractivity contribution in [1.82, 2.24) is 0 Å². The summed E-state index contributed by atoms with van der Waals surface area (Å²) < 4.78 is 28.8. The molecule has 0 spiro atoms. The summed E-state index contributed by atoms with van der Waals surface area (Å²) in [5, 5.41) is 8.82. The van der Waals surface area contributed by atoms with Crippen molar-refractivity contribution in [2.24, 2.45) is 0 Å². The van der Waals surface area contributed by atoms with Gasteiger partial charge in [0.25, 0.3) is 10.1 Å². The van der Waals surface area contributed by atoms with Gasteiger partial charge in [0.15, 0.2) is 0 Å². The molecule has 0 aromatic heterocycles. The van der Waals surface area contributed by atoms with Gasteiger partial charge in [0.05, 0.1) is 11.9 Å². The van der Waals surface area contributed by atoms with E-state index >= 15 is 0 Å². The molecule has 0 aliphatic rings. The van der Waals surface area contributed by atoms with Gasteiger partial charge in [-0.15, -0.1) is 0 Å². The van der Waals surface area contributed by atoms with E-state index in [2.05, 4.69) is 0 Å². The third kappa shape index (κ3) is 15.9. The van der Waals surface area contributed by atoms with Crippen LogP contribution in [0.25, 0.3) is 0 Å². The van der Waals surface area contributed by atoms with Crippen LogP contribution >= 0.6 is 11.8 Å². The summed E-state index contributed by atoms with van der Waals surface area (Å²) in [7, 11) is -3.80. The molecular formula is C6H15NaO4S2. The van der Waals surface area contributed by atoms with Gasteiger partial charge in [0.2, 0.25) is 0 Å². The number of thioether (sulfide) groups is 1. The first-order valence-corrected chi connectivity index (χ1v) is 6.39. The number of hydrogen-bond acceptors (Lipinski definition) is 4. The molecule has 0 heterocycles. The van der Waals surface area contributed by atoms with Crippen LogP contribution in [-0.4, -0.2) is 41.4 Å². The molecule has 0 rings (SSSR count). The maximum Gasteiger partial charge on any atom is 1.00 e. The standard InChI is InChI=1S/C6H14O4S2.Na.H/c1-6(7)5-11-3-2-4-12(8,9)10;;/h6-7H,2-5H2,1H3,(H,8,9,10);;/q;+1;-1. The summed E-state index contributed by atoms with van der Waals surface area (Å²) in [5.41, 5.74) is 0. The Morgan fingerprint density at radius 3 is 2.46 bits per heavy atom. The molecule has 2 N–H and O–H groups in total. The molecule has 0 amide bonds. The summed E-state index contributed by atoms with van der Waals surface area (Å²) in [6.45, 7) is 1.68. The normalized spacial score (nSPS) is 13.5. The van der Waals surface area contributed by atoms with Gasteiger partial charge in [0, 0.05) is 5.75 Å². The van der Waals surface area contributed by atoms with Gasteiger partial charge < -0.3 is 6.53 Å². The first kappa shape index (κ1) is 16.6. The molecular weight excluding hydrogens is 223 g/mol. The van der Waals surface area contributed by atoms with E-state index in [1.54, 1.807) is 6.92 Å². The number of aliphatic hydroxyl groups excluding tert-OH is 1. The fourth-order valence-electron chi connectivity index (χ4n) is 0.597. The van der Waals surface area contributed by atoms with E-state index in [9.17, 15) is 8.42 Å². The Morgan fingerprint density at radius 2 is 2.08 bits per heavy atom. The third-order valence-electron chi connectivity index (χ3n) is 1.05. The Morgan fingerprint density at radius 1 is 1.54 bits per heavy atom. The van der Waals surface area contributed by atoms with Crippen molar-refractivity contribution in [2.45, 2.75) is 19.4 Å². The van der Waals surface area contributed by atoms with Crippen LogP contribution in [0.15, 0.2) is 0 Å². The summed E-state index contributed by atoms with van der Waals surface area (Å²) in [6.07, 6.45) is 0.0664. The van der Waals surface area contributed by atoms with E-state index in [0.29, 0.717) is 17.9 Å². The molecule has 13 heavy (non-hydrogen) atoms. The van der Waals surface area contributed by atoms with Crippen molar-refractivity contribution in [3.8, 4) is 0 Å². The van der Waals surface area contributed by atoms with Crippen molar-refractivity contribution in [1.29, 1.82) is 0 Å². The van der Waals surface area contributed by atoms with Crippen LogP contribution < -0.4 is 29.6 Å². The smallest absolute Gasteiger partial charge is 1.00 e. The molecule has 1 unspecified atom stereocenters. The van der Waals surface area contributed by atoms with Crippen molar-refractivity contribution >= 4 is 21.9 Å². The van der Waals surface area contributed by atoms with Crippen LogP contribution in [-0.2, 0) is 10.1 Å². The van der Waals surface area contributed by atoms with Gasteiger partial charge in [0.1, 0.15) is 0 Å². The van der Waals surface area contributed by atoms with E-state index in [4.69, 9.17) is 9.66 Å². The summed E-state index contributed by atoms with van der Waals surface area (Å²) in [5.74, 6) is 1.05.